The SMILES string of the molecule is COCOc1ccc(OCOC)c2c1C(=O)C=C(C(O)CC=C(C)C)C2=O. The summed E-state index contributed by atoms with van der Waals surface area (Å²) in [7, 11) is 2.90. The molecule has 1 atom stereocenters. The molecule has 1 aromatic rings. The van der Waals surface area contributed by atoms with Crippen LogP contribution in [0, 0.1) is 0 Å². The van der Waals surface area contributed by atoms with Crippen LogP contribution >= 0.6 is 0 Å². The van der Waals surface area contributed by atoms with Crippen LogP contribution in [0.4, 0.5) is 0 Å². The van der Waals surface area contributed by atoms with E-state index < -0.39 is 17.7 Å². The number of Topliss-reactive ketones (excluding diaryl/α,β-unsaturated/α-hetero) is 1. The van der Waals surface area contributed by atoms with Crippen molar-refractivity contribution in [2.24, 2.45) is 0 Å². The zero-order chi connectivity index (χ0) is 20.0. The first-order valence-electron chi connectivity index (χ1n) is 8.43. The number of ether oxygens (including phenoxy) is 4. The molecule has 0 radical (unpaired) electrons. The zero-order valence-corrected chi connectivity index (χ0v) is 15.9. The molecule has 0 bridgehead atoms. The number of allylic oxidation sites excluding steroid dienone is 2. The number of carbonyl (C=O) groups excluding carboxylic acids is 2. The van der Waals surface area contributed by atoms with Gasteiger partial charge in [0.2, 0.25) is 0 Å². The minimum absolute atomic E-state index is 0.0242. The summed E-state index contributed by atoms with van der Waals surface area (Å²) in [5.41, 5.74) is 1.17. The summed E-state index contributed by atoms with van der Waals surface area (Å²) in [6.45, 7) is 3.61. The van der Waals surface area contributed by atoms with E-state index in [1.54, 1.807) is 6.08 Å². The van der Waals surface area contributed by atoms with Gasteiger partial charge in [-0.3, -0.25) is 9.59 Å². The molecule has 0 saturated heterocycles. The number of aliphatic hydroxyl groups excluding tert-OH is 1. The van der Waals surface area contributed by atoms with Gasteiger partial charge in [-0.05, 0) is 38.5 Å². The highest BCUT2D eigenvalue weighted by Crippen LogP contribution is 2.37. The molecule has 146 valence electrons. The topological polar surface area (TPSA) is 91.3 Å². The number of methoxy groups -OCH3 is 2. The lowest BCUT2D eigenvalue weighted by Gasteiger charge is -2.23. The molecule has 1 aliphatic rings. The van der Waals surface area contributed by atoms with E-state index in [9.17, 15) is 14.7 Å². The highest BCUT2D eigenvalue weighted by molar-refractivity contribution is 6.27. The van der Waals surface area contributed by atoms with E-state index in [0.717, 1.165) is 11.6 Å². The Bertz CT molecular complexity index is 773. The summed E-state index contributed by atoms with van der Waals surface area (Å²) in [5, 5.41) is 10.4. The molecule has 0 aromatic heterocycles. The summed E-state index contributed by atoms with van der Waals surface area (Å²) < 4.78 is 20.6. The molecule has 1 aliphatic carbocycles. The number of carbonyl (C=O) groups is 2. The van der Waals surface area contributed by atoms with Crippen LogP contribution in [-0.2, 0) is 9.47 Å². The number of hydrogen-bond donors (Lipinski definition) is 1. The van der Waals surface area contributed by atoms with Crippen molar-refractivity contribution in [2.75, 3.05) is 27.8 Å². The van der Waals surface area contributed by atoms with Crippen molar-refractivity contribution in [3.63, 3.8) is 0 Å². The normalized spacial score (nSPS) is 14.3. The van der Waals surface area contributed by atoms with Crippen molar-refractivity contribution in [2.45, 2.75) is 26.4 Å². The summed E-state index contributed by atoms with van der Waals surface area (Å²) >= 11 is 0. The molecule has 7 nitrogen and oxygen atoms in total. The molecule has 0 spiro atoms. The van der Waals surface area contributed by atoms with Gasteiger partial charge in [-0.25, -0.2) is 0 Å². The van der Waals surface area contributed by atoms with Crippen LogP contribution in [0.3, 0.4) is 0 Å². The standard InChI is InChI=1S/C20H24O7/c1-12(2)5-6-14(21)13-9-15(22)18-16(26-10-24-3)7-8-17(27-11-25-4)19(18)20(13)23/h5,7-9,14,21H,6,10-11H2,1-4H3. The largest absolute Gasteiger partial charge is 0.467 e. The third-order valence-electron chi connectivity index (χ3n) is 3.92. The zero-order valence-electron chi connectivity index (χ0n) is 15.9. The maximum Gasteiger partial charge on any atom is 0.196 e. The third kappa shape index (κ3) is 4.82. The lowest BCUT2D eigenvalue weighted by molar-refractivity contribution is 0.0467. The Labute approximate surface area is 158 Å². The number of ketones is 2. The van der Waals surface area contributed by atoms with Crippen LogP contribution in [-0.4, -0.2) is 50.6 Å². The van der Waals surface area contributed by atoms with E-state index in [1.807, 2.05) is 13.8 Å². The monoisotopic (exact) mass is 376 g/mol. The number of rotatable bonds is 9. The number of fused-ring (bicyclic) bond motifs is 1. The van der Waals surface area contributed by atoms with Crippen LogP contribution in [0.25, 0.3) is 0 Å². The first-order chi connectivity index (χ1) is 12.9. The predicted molar refractivity (Wildman–Crippen MR) is 98.2 cm³/mol. The van der Waals surface area contributed by atoms with Crippen molar-refractivity contribution in [1.82, 2.24) is 0 Å². The molecule has 0 aliphatic heterocycles. The maximum atomic E-state index is 13.0. The van der Waals surface area contributed by atoms with E-state index in [2.05, 4.69) is 0 Å². The molecule has 0 fully saturated rings. The minimum atomic E-state index is -1.09. The third-order valence-corrected chi connectivity index (χ3v) is 3.92. The lowest BCUT2D eigenvalue weighted by atomic mass is 9.85. The van der Waals surface area contributed by atoms with Crippen molar-refractivity contribution in [1.29, 1.82) is 0 Å². The van der Waals surface area contributed by atoms with Crippen LogP contribution in [0.5, 0.6) is 11.5 Å². The summed E-state index contributed by atoms with van der Waals surface area (Å²) in [5.74, 6) is -0.517. The average molecular weight is 376 g/mol. The molecule has 1 aromatic carbocycles. The van der Waals surface area contributed by atoms with Gasteiger partial charge in [0.25, 0.3) is 0 Å². The quantitative estimate of drug-likeness (QED) is 0.523. The van der Waals surface area contributed by atoms with Crippen molar-refractivity contribution in [3.05, 3.63) is 46.6 Å². The Kier molecular flexibility index (Phi) is 7.29. The fraction of sp³-hybridized carbons (Fsp3) is 0.400. The van der Waals surface area contributed by atoms with Crippen molar-refractivity contribution >= 4 is 11.6 Å². The van der Waals surface area contributed by atoms with E-state index in [0.29, 0.717) is 0 Å². The molecular weight excluding hydrogens is 352 g/mol. The molecule has 7 heteroatoms. The Morgan fingerprint density at radius 2 is 1.59 bits per heavy atom. The summed E-state index contributed by atoms with van der Waals surface area (Å²) in [6.07, 6.45) is 2.10. The fourth-order valence-corrected chi connectivity index (χ4v) is 2.66. The fourth-order valence-electron chi connectivity index (χ4n) is 2.66. The number of aliphatic hydroxyl groups is 1. The summed E-state index contributed by atoms with van der Waals surface area (Å²) in [6, 6.07) is 3.06. The van der Waals surface area contributed by atoms with Crippen LogP contribution < -0.4 is 9.47 Å². The van der Waals surface area contributed by atoms with Gasteiger partial charge in [-0.15, -0.1) is 0 Å². The number of hydrogen-bond acceptors (Lipinski definition) is 7. The summed E-state index contributed by atoms with van der Waals surface area (Å²) in [4.78, 5) is 25.8. The molecule has 0 heterocycles. The van der Waals surface area contributed by atoms with E-state index in [1.165, 1.54) is 26.4 Å². The van der Waals surface area contributed by atoms with Gasteiger partial charge in [0.05, 0.1) is 17.2 Å². The van der Waals surface area contributed by atoms with Crippen molar-refractivity contribution in [3.8, 4) is 11.5 Å². The van der Waals surface area contributed by atoms with E-state index in [4.69, 9.17) is 18.9 Å². The number of benzene rings is 1. The molecule has 0 amide bonds. The van der Waals surface area contributed by atoms with Crippen molar-refractivity contribution < 1.29 is 33.6 Å². The average Bonchev–Trinajstić information content (AvgIpc) is 2.65. The van der Waals surface area contributed by atoms with Gasteiger partial charge in [-0.1, -0.05) is 11.6 Å². The molecule has 0 saturated carbocycles. The first kappa shape index (κ1) is 20.8. The maximum absolute atomic E-state index is 13.0. The van der Waals surface area contributed by atoms with E-state index in [-0.39, 0.29) is 48.2 Å². The molecular formula is C20H24O7. The molecule has 1 unspecified atom stereocenters. The van der Waals surface area contributed by atoms with Crippen LogP contribution in [0.15, 0.2) is 35.4 Å². The Morgan fingerprint density at radius 3 is 2.11 bits per heavy atom. The van der Waals surface area contributed by atoms with E-state index >= 15 is 0 Å². The van der Waals surface area contributed by atoms with Gasteiger partial charge in [0.1, 0.15) is 11.5 Å². The first-order valence-corrected chi connectivity index (χ1v) is 8.43. The molecule has 2 rings (SSSR count). The second-order valence-corrected chi connectivity index (χ2v) is 6.24. The highest BCUT2D eigenvalue weighted by Gasteiger charge is 2.34. The van der Waals surface area contributed by atoms with Crippen LogP contribution in [0.2, 0.25) is 0 Å². The second-order valence-electron chi connectivity index (χ2n) is 6.24. The van der Waals surface area contributed by atoms with Gasteiger partial charge in [0.15, 0.2) is 25.2 Å². The van der Waals surface area contributed by atoms with Gasteiger partial charge < -0.3 is 24.1 Å². The van der Waals surface area contributed by atoms with Gasteiger partial charge in [0, 0.05) is 19.8 Å². The van der Waals surface area contributed by atoms with Gasteiger partial charge >= 0.3 is 0 Å². The predicted octanol–water partition coefficient (Wildman–Crippen LogP) is 2.67. The Hall–Kier alpha value is -2.48. The second kappa shape index (κ2) is 9.45. The lowest BCUT2D eigenvalue weighted by Crippen LogP contribution is -2.26. The Balaban J connectivity index is 2.49. The highest BCUT2D eigenvalue weighted by atomic mass is 16.7. The molecule has 1 N–H and O–H groups in total. The molecule has 27 heavy (non-hydrogen) atoms. The minimum Gasteiger partial charge on any atom is -0.467 e. The smallest absolute Gasteiger partial charge is 0.196 e. The Morgan fingerprint density at radius 1 is 1.04 bits per heavy atom. The van der Waals surface area contributed by atoms with Crippen LogP contribution in [0.1, 0.15) is 41.0 Å². The van der Waals surface area contributed by atoms with Gasteiger partial charge in [-0.2, -0.15) is 0 Å².